The first-order chi connectivity index (χ1) is 10.0. The minimum atomic E-state index is -0.679. The Hall–Kier alpha value is -2.27. The fourth-order valence-electron chi connectivity index (χ4n) is 1.54. The number of carbonyl (C=O) groups is 1. The molecule has 0 saturated carbocycles. The van der Waals surface area contributed by atoms with Crippen LogP contribution in [0.25, 0.3) is 0 Å². The summed E-state index contributed by atoms with van der Waals surface area (Å²) in [6, 6.07) is 10.4. The summed E-state index contributed by atoms with van der Waals surface area (Å²) in [5.74, 6) is 1.55. The van der Waals surface area contributed by atoms with E-state index in [9.17, 15) is 4.79 Å². The molecule has 0 bridgehead atoms. The largest absolute Gasteiger partial charge is 0.481 e. The van der Waals surface area contributed by atoms with Crippen LogP contribution in [0.15, 0.2) is 45.9 Å². The second-order valence-electron chi connectivity index (χ2n) is 4.40. The highest BCUT2D eigenvalue weighted by molar-refractivity contribution is 6.30. The van der Waals surface area contributed by atoms with E-state index >= 15 is 0 Å². The van der Waals surface area contributed by atoms with Gasteiger partial charge in [-0.2, -0.15) is 5.10 Å². The molecule has 21 heavy (non-hydrogen) atoms. The highest BCUT2D eigenvalue weighted by Crippen LogP contribution is 2.16. The predicted octanol–water partition coefficient (Wildman–Crippen LogP) is 3.16. The van der Waals surface area contributed by atoms with Crippen LogP contribution in [0.3, 0.4) is 0 Å². The van der Waals surface area contributed by atoms with Gasteiger partial charge >= 0.3 is 0 Å². The van der Waals surface area contributed by atoms with Gasteiger partial charge in [0, 0.05) is 5.02 Å². The number of furan rings is 1. The smallest absolute Gasteiger partial charge is 0.280 e. The maximum absolute atomic E-state index is 11.8. The summed E-state index contributed by atoms with van der Waals surface area (Å²) in [5.41, 5.74) is 2.39. The van der Waals surface area contributed by atoms with Crippen LogP contribution in [0.4, 0.5) is 0 Å². The maximum atomic E-state index is 11.8. The van der Waals surface area contributed by atoms with Crippen molar-refractivity contribution in [1.29, 1.82) is 0 Å². The number of amides is 1. The van der Waals surface area contributed by atoms with Gasteiger partial charge < -0.3 is 9.15 Å². The third-order valence-electron chi connectivity index (χ3n) is 2.62. The van der Waals surface area contributed by atoms with Gasteiger partial charge in [-0.3, -0.25) is 4.79 Å². The number of ether oxygens (including phenoxy) is 1. The molecule has 2 aromatic rings. The molecule has 1 N–H and O–H groups in total. The predicted molar refractivity (Wildman–Crippen MR) is 80.7 cm³/mol. The van der Waals surface area contributed by atoms with E-state index in [2.05, 4.69) is 10.5 Å². The van der Waals surface area contributed by atoms with Crippen molar-refractivity contribution in [1.82, 2.24) is 5.43 Å². The molecule has 0 radical (unpaired) electrons. The highest BCUT2D eigenvalue weighted by Gasteiger charge is 2.13. The number of carbonyl (C=O) groups excluding carboxylic acids is 1. The average Bonchev–Trinajstić information content (AvgIpc) is 2.87. The number of aryl methyl sites for hydroxylation is 1. The quantitative estimate of drug-likeness (QED) is 0.681. The van der Waals surface area contributed by atoms with Gasteiger partial charge in [0.05, 0.1) is 6.21 Å². The number of benzene rings is 1. The second kappa shape index (κ2) is 6.95. The molecule has 6 heteroatoms. The van der Waals surface area contributed by atoms with Crippen molar-refractivity contribution in [3.8, 4) is 5.75 Å². The highest BCUT2D eigenvalue weighted by atomic mass is 35.5. The lowest BCUT2D eigenvalue weighted by Crippen LogP contribution is -2.33. The standard InChI is InChI=1S/C15H15ClN2O3/c1-10-3-6-14(20-10)9-17-18-15(19)11(2)21-13-7-4-12(16)5-8-13/h3-9,11H,1-2H3,(H,18,19)/b17-9+. The summed E-state index contributed by atoms with van der Waals surface area (Å²) >= 11 is 5.78. The minimum Gasteiger partial charge on any atom is -0.481 e. The second-order valence-corrected chi connectivity index (χ2v) is 4.83. The Morgan fingerprint density at radius 1 is 1.33 bits per heavy atom. The monoisotopic (exact) mass is 306 g/mol. The lowest BCUT2D eigenvalue weighted by atomic mass is 10.3. The van der Waals surface area contributed by atoms with Crippen molar-refractivity contribution >= 4 is 23.7 Å². The minimum absolute atomic E-state index is 0.357. The summed E-state index contributed by atoms with van der Waals surface area (Å²) in [6.07, 6.45) is 0.751. The molecule has 0 fully saturated rings. The molecule has 1 aromatic carbocycles. The Balaban J connectivity index is 1.85. The van der Waals surface area contributed by atoms with E-state index in [-0.39, 0.29) is 5.91 Å². The third kappa shape index (κ3) is 4.65. The molecule has 0 aliphatic heterocycles. The number of hydrogen-bond acceptors (Lipinski definition) is 4. The summed E-state index contributed by atoms with van der Waals surface area (Å²) in [7, 11) is 0. The molecule has 1 unspecified atom stereocenters. The van der Waals surface area contributed by atoms with Gasteiger partial charge in [0.1, 0.15) is 17.3 Å². The van der Waals surface area contributed by atoms with E-state index in [4.69, 9.17) is 20.8 Å². The van der Waals surface area contributed by atoms with E-state index in [1.807, 2.05) is 13.0 Å². The molecule has 0 aliphatic rings. The van der Waals surface area contributed by atoms with Gasteiger partial charge in [0.2, 0.25) is 0 Å². The average molecular weight is 307 g/mol. The van der Waals surface area contributed by atoms with Crippen LogP contribution < -0.4 is 10.2 Å². The van der Waals surface area contributed by atoms with Gasteiger partial charge in [-0.05, 0) is 50.2 Å². The van der Waals surface area contributed by atoms with Gasteiger partial charge in [-0.25, -0.2) is 5.43 Å². The zero-order valence-corrected chi connectivity index (χ0v) is 12.4. The Kier molecular flexibility index (Phi) is 5.00. The molecule has 110 valence electrons. The lowest BCUT2D eigenvalue weighted by molar-refractivity contribution is -0.127. The van der Waals surface area contributed by atoms with E-state index in [1.54, 1.807) is 37.3 Å². The first-order valence-corrected chi connectivity index (χ1v) is 6.74. The Morgan fingerprint density at radius 2 is 2.05 bits per heavy atom. The van der Waals surface area contributed by atoms with Crippen LogP contribution in [-0.2, 0) is 4.79 Å². The van der Waals surface area contributed by atoms with Crippen molar-refractivity contribution in [2.75, 3.05) is 0 Å². The van der Waals surface area contributed by atoms with Crippen LogP contribution in [0.1, 0.15) is 18.4 Å². The van der Waals surface area contributed by atoms with E-state index in [1.165, 1.54) is 6.21 Å². The molecule has 0 spiro atoms. The van der Waals surface area contributed by atoms with Crippen LogP contribution in [0.2, 0.25) is 5.02 Å². The van der Waals surface area contributed by atoms with Gasteiger partial charge in [-0.15, -0.1) is 0 Å². The summed E-state index contributed by atoms with van der Waals surface area (Å²) in [6.45, 7) is 3.47. The van der Waals surface area contributed by atoms with Gasteiger partial charge in [0.25, 0.3) is 5.91 Å². The molecule has 1 atom stereocenters. The van der Waals surface area contributed by atoms with E-state index < -0.39 is 6.10 Å². The van der Waals surface area contributed by atoms with Crippen molar-refractivity contribution < 1.29 is 13.9 Å². The topological polar surface area (TPSA) is 63.8 Å². The number of halogens is 1. The Bertz CT molecular complexity index is 635. The SMILES string of the molecule is Cc1ccc(/C=N/NC(=O)C(C)Oc2ccc(Cl)cc2)o1. The van der Waals surface area contributed by atoms with Crippen molar-refractivity contribution in [2.24, 2.45) is 5.10 Å². The number of nitrogens with zero attached hydrogens (tertiary/aromatic N) is 1. The zero-order chi connectivity index (χ0) is 15.2. The first-order valence-electron chi connectivity index (χ1n) is 6.36. The molecular formula is C15H15ClN2O3. The molecule has 1 amide bonds. The molecule has 2 rings (SSSR count). The summed E-state index contributed by atoms with van der Waals surface area (Å²) in [5, 5.41) is 4.42. The maximum Gasteiger partial charge on any atom is 0.280 e. The fourth-order valence-corrected chi connectivity index (χ4v) is 1.67. The first kappa shape index (κ1) is 15.1. The molecule has 1 aromatic heterocycles. The molecule has 0 aliphatic carbocycles. The molecular weight excluding hydrogens is 292 g/mol. The van der Waals surface area contributed by atoms with Crippen LogP contribution in [-0.4, -0.2) is 18.2 Å². The van der Waals surface area contributed by atoms with E-state index in [0.717, 1.165) is 5.76 Å². The molecule has 5 nitrogen and oxygen atoms in total. The Labute approximate surface area is 127 Å². The molecule has 0 saturated heterocycles. The van der Waals surface area contributed by atoms with Crippen LogP contribution in [0.5, 0.6) is 5.75 Å². The summed E-state index contributed by atoms with van der Waals surface area (Å²) < 4.78 is 10.8. The zero-order valence-electron chi connectivity index (χ0n) is 11.7. The Morgan fingerprint density at radius 3 is 2.67 bits per heavy atom. The number of nitrogens with one attached hydrogen (secondary N) is 1. The third-order valence-corrected chi connectivity index (χ3v) is 2.88. The van der Waals surface area contributed by atoms with Gasteiger partial charge in [0.15, 0.2) is 6.10 Å². The van der Waals surface area contributed by atoms with Crippen molar-refractivity contribution in [2.45, 2.75) is 20.0 Å². The number of hydrogen-bond donors (Lipinski definition) is 1. The summed E-state index contributed by atoms with van der Waals surface area (Å²) in [4.78, 5) is 11.8. The number of hydrazone groups is 1. The van der Waals surface area contributed by atoms with Crippen LogP contribution >= 0.6 is 11.6 Å². The van der Waals surface area contributed by atoms with Crippen LogP contribution in [0, 0.1) is 6.92 Å². The van der Waals surface area contributed by atoms with Gasteiger partial charge in [-0.1, -0.05) is 11.6 Å². The molecule has 1 heterocycles. The van der Waals surface area contributed by atoms with E-state index in [0.29, 0.717) is 16.5 Å². The fraction of sp³-hybridized carbons (Fsp3) is 0.200. The van der Waals surface area contributed by atoms with Crippen molar-refractivity contribution in [3.63, 3.8) is 0 Å². The number of rotatable bonds is 5. The lowest BCUT2D eigenvalue weighted by Gasteiger charge is -2.12. The van der Waals surface area contributed by atoms with Crippen molar-refractivity contribution in [3.05, 3.63) is 52.9 Å². The normalized spacial score (nSPS) is 12.3.